The number of rotatable bonds is 8. The summed E-state index contributed by atoms with van der Waals surface area (Å²) in [6.45, 7) is 3.52. The van der Waals surface area contributed by atoms with Crippen LogP contribution in [0.5, 0.6) is 0 Å². The number of hydrogen-bond acceptors (Lipinski definition) is 9. The average Bonchev–Trinajstić information content (AvgIpc) is 3.62. The normalized spacial score (nSPS) is 37.0. The van der Waals surface area contributed by atoms with E-state index in [-0.39, 0.29) is 40.5 Å². The molecule has 0 aromatic carbocycles. The van der Waals surface area contributed by atoms with Crippen molar-refractivity contribution in [2.24, 2.45) is 22.7 Å². The van der Waals surface area contributed by atoms with E-state index in [0.29, 0.717) is 24.1 Å². The maximum atomic E-state index is 12.5. The number of halogens is 3. The SMILES string of the molecule is C=Nc1c(N)nc(SCCC(F)(F)F)nc1N(C)C1C[C@@]12O[C@H](C1C[C@H]1C1CCC1)[C@@H](O)[C@H]2O. The van der Waals surface area contributed by atoms with Crippen LogP contribution in [-0.4, -0.2) is 75.8 Å². The minimum Gasteiger partial charge on any atom is -0.388 e. The number of aliphatic hydroxyl groups is 2. The summed E-state index contributed by atoms with van der Waals surface area (Å²) in [5.41, 5.74) is 5.31. The van der Waals surface area contributed by atoms with Gasteiger partial charge in [0.2, 0.25) is 0 Å². The summed E-state index contributed by atoms with van der Waals surface area (Å²) in [7, 11) is 1.74. The number of thioether (sulfide) groups is 1. The van der Waals surface area contributed by atoms with Crippen molar-refractivity contribution in [1.82, 2.24) is 9.97 Å². The van der Waals surface area contributed by atoms with Crippen LogP contribution in [-0.2, 0) is 4.74 Å². The van der Waals surface area contributed by atoms with E-state index in [1.54, 1.807) is 11.9 Å². The van der Waals surface area contributed by atoms with Crippen molar-refractivity contribution in [3.8, 4) is 0 Å². The molecule has 188 valence electrons. The highest BCUT2D eigenvalue weighted by Gasteiger charge is 2.72. The molecule has 1 aromatic rings. The average molecular weight is 502 g/mol. The number of nitrogen functional groups attached to an aromatic ring is 1. The van der Waals surface area contributed by atoms with Gasteiger partial charge in [0.15, 0.2) is 16.8 Å². The van der Waals surface area contributed by atoms with Crippen LogP contribution < -0.4 is 10.6 Å². The first kappa shape index (κ1) is 24.1. The monoisotopic (exact) mass is 501 g/mol. The molecule has 2 unspecified atom stereocenters. The van der Waals surface area contributed by atoms with Crippen molar-refractivity contribution in [2.75, 3.05) is 23.4 Å². The van der Waals surface area contributed by atoms with Crippen molar-refractivity contribution in [3.63, 3.8) is 0 Å². The van der Waals surface area contributed by atoms with Gasteiger partial charge in [-0.1, -0.05) is 31.0 Å². The second-order valence-corrected chi connectivity index (χ2v) is 11.1. The summed E-state index contributed by atoms with van der Waals surface area (Å²) >= 11 is 0.861. The zero-order valence-corrected chi connectivity index (χ0v) is 19.7. The molecule has 1 spiro atoms. The number of hydrogen-bond donors (Lipinski definition) is 3. The Labute approximate surface area is 200 Å². The van der Waals surface area contributed by atoms with E-state index in [1.165, 1.54) is 19.3 Å². The minimum absolute atomic E-state index is 0.0168. The molecule has 0 amide bonds. The van der Waals surface area contributed by atoms with Gasteiger partial charge in [-0.15, -0.1) is 0 Å². The van der Waals surface area contributed by atoms with E-state index < -0.39 is 30.4 Å². The summed E-state index contributed by atoms with van der Waals surface area (Å²) in [5.74, 6) is 1.65. The third kappa shape index (κ3) is 4.16. The summed E-state index contributed by atoms with van der Waals surface area (Å²) in [6.07, 6.45) is -2.37. The van der Waals surface area contributed by atoms with Crippen LogP contribution in [0.1, 0.15) is 38.5 Å². The first-order valence-electron chi connectivity index (χ1n) is 11.7. The first-order valence-corrected chi connectivity index (χ1v) is 12.6. The number of anilines is 2. The van der Waals surface area contributed by atoms with E-state index in [4.69, 9.17) is 10.5 Å². The van der Waals surface area contributed by atoms with Gasteiger partial charge in [-0.2, -0.15) is 13.2 Å². The van der Waals surface area contributed by atoms with Gasteiger partial charge in [-0.05, 0) is 30.9 Å². The Kier molecular flexibility index (Phi) is 6.01. The Hall–Kier alpha value is -1.63. The van der Waals surface area contributed by atoms with Crippen molar-refractivity contribution < 1.29 is 28.1 Å². The molecule has 5 rings (SSSR count). The maximum absolute atomic E-state index is 12.5. The zero-order valence-electron chi connectivity index (χ0n) is 18.9. The number of aliphatic imine (C=N–C) groups is 1. The van der Waals surface area contributed by atoms with E-state index >= 15 is 0 Å². The molecule has 1 saturated heterocycles. The number of nitrogens with two attached hydrogens (primary N) is 1. The summed E-state index contributed by atoms with van der Waals surface area (Å²) < 4.78 is 44.0. The lowest BCUT2D eigenvalue weighted by Crippen LogP contribution is -2.39. The lowest BCUT2D eigenvalue weighted by atomic mass is 9.80. The van der Waals surface area contributed by atoms with E-state index in [0.717, 1.165) is 18.2 Å². The number of nitrogens with zero attached hydrogens (tertiary/aromatic N) is 4. The highest BCUT2D eigenvalue weighted by atomic mass is 32.2. The number of likely N-dealkylation sites (N-methyl/N-ethyl adjacent to an activating group) is 1. The molecule has 2 heterocycles. The fourth-order valence-corrected chi connectivity index (χ4v) is 6.52. The van der Waals surface area contributed by atoms with Crippen molar-refractivity contribution in [2.45, 2.75) is 79.8 Å². The smallest absolute Gasteiger partial charge is 0.388 e. The van der Waals surface area contributed by atoms with Gasteiger partial charge in [0.25, 0.3) is 0 Å². The fraction of sp³-hybridized carbons (Fsp3) is 0.773. The largest absolute Gasteiger partial charge is 0.389 e. The molecule has 3 saturated carbocycles. The third-order valence-corrected chi connectivity index (χ3v) is 8.80. The molecule has 1 aromatic heterocycles. The molecule has 12 heteroatoms. The van der Waals surface area contributed by atoms with Crippen molar-refractivity contribution in [1.29, 1.82) is 0 Å². The quantitative estimate of drug-likeness (QED) is 0.283. The maximum Gasteiger partial charge on any atom is 0.389 e. The van der Waals surface area contributed by atoms with Crippen LogP contribution in [0, 0.1) is 17.8 Å². The van der Waals surface area contributed by atoms with Crippen LogP contribution in [0.2, 0.25) is 0 Å². The zero-order chi connectivity index (χ0) is 24.4. The number of ether oxygens (including phenoxy) is 1. The van der Waals surface area contributed by atoms with E-state index in [2.05, 4.69) is 21.7 Å². The molecule has 4 N–H and O–H groups in total. The topological polar surface area (TPSA) is 117 Å². The van der Waals surface area contributed by atoms with Crippen molar-refractivity contribution in [3.05, 3.63) is 0 Å². The van der Waals surface area contributed by atoms with Crippen LogP contribution in [0.25, 0.3) is 0 Å². The van der Waals surface area contributed by atoms with Crippen molar-refractivity contribution >= 4 is 35.8 Å². The molecule has 7 atom stereocenters. The number of alkyl halides is 3. The van der Waals surface area contributed by atoms with Gasteiger partial charge in [0, 0.05) is 19.2 Å². The number of aromatic nitrogens is 2. The highest BCUT2D eigenvalue weighted by molar-refractivity contribution is 7.99. The fourth-order valence-electron chi connectivity index (χ4n) is 5.69. The van der Waals surface area contributed by atoms with E-state index in [1.807, 2.05) is 0 Å². The second kappa shape index (κ2) is 8.49. The Morgan fingerprint density at radius 3 is 2.65 bits per heavy atom. The Balaban J connectivity index is 1.31. The molecule has 4 fully saturated rings. The lowest BCUT2D eigenvalue weighted by molar-refractivity contribution is -0.129. The summed E-state index contributed by atoms with van der Waals surface area (Å²) in [5, 5.41) is 21.8. The van der Waals surface area contributed by atoms with Gasteiger partial charge in [-0.3, -0.25) is 4.99 Å². The third-order valence-electron chi connectivity index (χ3n) is 7.95. The minimum atomic E-state index is -4.27. The second-order valence-electron chi connectivity index (χ2n) is 9.99. The Morgan fingerprint density at radius 2 is 2.03 bits per heavy atom. The first-order chi connectivity index (χ1) is 16.1. The Bertz CT molecular complexity index is 964. The molecular weight excluding hydrogens is 471 g/mol. The van der Waals surface area contributed by atoms with Crippen LogP contribution in [0.3, 0.4) is 0 Å². The van der Waals surface area contributed by atoms with Gasteiger partial charge in [0.1, 0.15) is 23.5 Å². The predicted molar refractivity (Wildman–Crippen MR) is 122 cm³/mol. The van der Waals surface area contributed by atoms with Gasteiger partial charge >= 0.3 is 6.18 Å². The molecule has 0 bridgehead atoms. The highest BCUT2D eigenvalue weighted by Crippen LogP contribution is 2.61. The van der Waals surface area contributed by atoms with E-state index in [9.17, 15) is 23.4 Å². The molecule has 34 heavy (non-hydrogen) atoms. The van der Waals surface area contributed by atoms with Crippen LogP contribution in [0.15, 0.2) is 10.1 Å². The van der Waals surface area contributed by atoms with Crippen LogP contribution in [0.4, 0.5) is 30.5 Å². The molecule has 1 aliphatic heterocycles. The summed E-state index contributed by atoms with van der Waals surface area (Å²) in [6, 6.07) is -0.300. The van der Waals surface area contributed by atoms with Gasteiger partial charge in [-0.25, -0.2) is 9.97 Å². The standard InChI is InChI=1S/C22H30F3N5O3S/c1-27-14-18(26)28-20(34-7-6-22(23,24)25)29-19(14)30(2)13-9-21(13)17(32)15(31)16(33-21)12-8-11(12)10-4-3-5-10/h10-13,15-17,31-32H,1,3-9H2,2H3,(H2,26,28,29)/t11-,12?,13?,15+,16+,17+,21+/m0/s1. The predicted octanol–water partition coefficient (Wildman–Crippen LogP) is 2.94. The molecule has 0 radical (unpaired) electrons. The van der Waals surface area contributed by atoms with Gasteiger partial charge < -0.3 is 25.6 Å². The number of aliphatic hydroxyl groups excluding tert-OH is 2. The molecule has 3 aliphatic carbocycles. The Morgan fingerprint density at radius 1 is 1.29 bits per heavy atom. The van der Waals surface area contributed by atoms with Crippen LogP contribution >= 0.6 is 11.8 Å². The lowest BCUT2D eigenvalue weighted by Gasteiger charge is -2.27. The molecule has 8 nitrogen and oxygen atoms in total. The molecule has 4 aliphatic rings. The van der Waals surface area contributed by atoms with Gasteiger partial charge in [0.05, 0.1) is 18.6 Å². The summed E-state index contributed by atoms with van der Waals surface area (Å²) in [4.78, 5) is 14.1. The molecular formula is C22H30F3N5O3S.